The van der Waals surface area contributed by atoms with E-state index in [9.17, 15) is 18.0 Å². The Bertz CT molecular complexity index is 488. The maximum atomic E-state index is 12.4. The summed E-state index contributed by atoms with van der Waals surface area (Å²) < 4.78 is 42.3. The second kappa shape index (κ2) is 8.98. The summed E-state index contributed by atoms with van der Waals surface area (Å²) >= 11 is 0. The van der Waals surface area contributed by atoms with Gasteiger partial charge in [-0.25, -0.2) is 0 Å². The molecule has 1 aromatic rings. The van der Waals surface area contributed by atoms with E-state index in [0.29, 0.717) is 6.54 Å². The van der Waals surface area contributed by atoms with Crippen molar-refractivity contribution in [1.29, 1.82) is 0 Å². The van der Waals surface area contributed by atoms with Gasteiger partial charge in [-0.2, -0.15) is 13.2 Å². The molecule has 0 heterocycles. The zero-order valence-corrected chi connectivity index (χ0v) is 13.9. The van der Waals surface area contributed by atoms with Gasteiger partial charge in [0, 0.05) is 12.1 Å². The van der Waals surface area contributed by atoms with Crippen molar-refractivity contribution in [2.75, 3.05) is 13.2 Å². The molecule has 0 aromatic heterocycles. The summed E-state index contributed by atoms with van der Waals surface area (Å²) in [6.45, 7) is 3.94. The minimum Gasteiger partial charge on any atom is -0.484 e. The van der Waals surface area contributed by atoms with E-state index in [1.165, 1.54) is 12.1 Å². The van der Waals surface area contributed by atoms with Crippen molar-refractivity contribution in [3.63, 3.8) is 0 Å². The van der Waals surface area contributed by atoms with Crippen LogP contribution >= 0.6 is 12.4 Å². The first-order valence-electron chi connectivity index (χ1n) is 7.06. The molecule has 0 unspecified atom stereocenters. The fourth-order valence-electron chi connectivity index (χ4n) is 1.71. The quantitative estimate of drug-likeness (QED) is 0.790. The number of halogens is 4. The van der Waals surface area contributed by atoms with Gasteiger partial charge in [-0.15, -0.1) is 12.4 Å². The summed E-state index contributed by atoms with van der Waals surface area (Å²) in [5.74, 6) is -0.162. The van der Waals surface area contributed by atoms with E-state index < -0.39 is 17.3 Å². The van der Waals surface area contributed by atoms with E-state index in [4.69, 9.17) is 10.5 Å². The molecule has 1 amide bonds. The Morgan fingerprint density at radius 2 is 1.70 bits per heavy atom. The Balaban J connectivity index is 0.00000484. The van der Waals surface area contributed by atoms with Gasteiger partial charge in [0.15, 0.2) is 6.61 Å². The van der Waals surface area contributed by atoms with Gasteiger partial charge in [0.1, 0.15) is 5.75 Å². The van der Waals surface area contributed by atoms with Crippen LogP contribution in [0.15, 0.2) is 24.3 Å². The fourth-order valence-corrected chi connectivity index (χ4v) is 1.71. The van der Waals surface area contributed by atoms with Crippen LogP contribution in [0.4, 0.5) is 13.2 Å². The van der Waals surface area contributed by atoms with Crippen molar-refractivity contribution in [1.82, 2.24) is 5.32 Å². The van der Waals surface area contributed by atoms with Gasteiger partial charge < -0.3 is 15.8 Å². The Hall–Kier alpha value is -1.47. The van der Waals surface area contributed by atoms with Crippen molar-refractivity contribution in [2.45, 2.75) is 38.4 Å². The Morgan fingerprint density at radius 1 is 1.17 bits per heavy atom. The number of benzene rings is 1. The third-order valence-corrected chi connectivity index (χ3v) is 3.60. The van der Waals surface area contributed by atoms with Gasteiger partial charge in [-0.1, -0.05) is 13.8 Å². The van der Waals surface area contributed by atoms with Gasteiger partial charge in [-0.05, 0) is 37.1 Å². The molecule has 0 fully saturated rings. The Kier molecular flexibility index (Phi) is 8.41. The molecule has 1 rings (SSSR count). The van der Waals surface area contributed by atoms with Crippen LogP contribution in [0.1, 0.15) is 32.3 Å². The predicted octanol–water partition coefficient (Wildman–Crippen LogP) is 3.14. The van der Waals surface area contributed by atoms with E-state index in [1.807, 2.05) is 13.8 Å². The van der Waals surface area contributed by atoms with Crippen molar-refractivity contribution < 1.29 is 22.7 Å². The van der Waals surface area contributed by atoms with Crippen molar-refractivity contribution >= 4 is 18.3 Å². The van der Waals surface area contributed by atoms with Crippen molar-refractivity contribution in [3.8, 4) is 5.75 Å². The normalized spacial score (nSPS) is 11.6. The molecule has 0 aliphatic heterocycles. The van der Waals surface area contributed by atoms with Crippen LogP contribution in [0, 0.1) is 0 Å². The molecule has 23 heavy (non-hydrogen) atoms. The summed E-state index contributed by atoms with van der Waals surface area (Å²) in [7, 11) is 0. The molecule has 132 valence electrons. The highest BCUT2D eigenvalue weighted by molar-refractivity contribution is 5.85. The van der Waals surface area contributed by atoms with E-state index in [0.717, 1.165) is 25.0 Å². The Labute approximate surface area is 140 Å². The molecular formula is C15H22ClF3N2O2. The van der Waals surface area contributed by atoms with Crippen LogP contribution in [-0.2, 0) is 11.0 Å². The summed E-state index contributed by atoms with van der Waals surface area (Å²) in [5.41, 5.74) is 4.83. The molecule has 0 radical (unpaired) electrons. The third kappa shape index (κ3) is 7.09. The average molecular weight is 355 g/mol. The third-order valence-electron chi connectivity index (χ3n) is 3.60. The molecule has 0 atom stereocenters. The SMILES string of the molecule is CCC(N)(CC)CNC(=O)COc1ccc(C(F)(F)F)cc1.Cl. The summed E-state index contributed by atoms with van der Waals surface area (Å²) in [6, 6.07) is 4.18. The second-order valence-electron chi connectivity index (χ2n) is 5.16. The largest absolute Gasteiger partial charge is 0.484 e. The highest BCUT2D eigenvalue weighted by Gasteiger charge is 2.30. The van der Waals surface area contributed by atoms with Gasteiger partial charge in [0.2, 0.25) is 0 Å². The number of ether oxygens (including phenoxy) is 1. The molecule has 0 saturated heterocycles. The van der Waals surface area contributed by atoms with E-state index in [1.54, 1.807) is 0 Å². The van der Waals surface area contributed by atoms with E-state index >= 15 is 0 Å². The summed E-state index contributed by atoms with van der Waals surface area (Å²) in [5, 5.41) is 2.66. The number of hydrogen-bond acceptors (Lipinski definition) is 3. The van der Waals surface area contributed by atoms with Crippen LogP contribution < -0.4 is 15.8 Å². The first-order chi connectivity index (χ1) is 10.2. The summed E-state index contributed by atoms with van der Waals surface area (Å²) in [6.07, 6.45) is -2.94. The van der Waals surface area contributed by atoms with Gasteiger partial charge in [0.25, 0.3) is 5.91 Å². The van der Waals surface area contributed by atoms with Crippen molar-refractivity contribution in [2.24, 2.45) is 5.73 Å². The molecule has 1 aromatic carbocycles. The summed E-state index contributed by atoms with van der Waals surface area (Å²) in [4.78, 5) is 11.6. The number of nitrogens with one attached hydrogen (secondary N) is 1. The maximum Gasteiger partial charge on any atom is 0.416 e. The topological polar surface area (TPSA) is 64.3 Å². The lowest BCUT2D eigenvalue weighted by Crippen LogP contribution is -2.50. The monoisotopic (exact) mass is 354 g/mol. The van der Waals surface area contributed by atoms with Crippen LogP contribution in [-0.4, -0.2) is 24.6 Å². The predicted molar refractivity (Wildman–Crippen MR) is 84.7 cm³/mol. The lowest BCUT2D eigenvalue weighted by Gasteiger charge is -2.26. The first kappa shape index (κ1) is 21.5. The molecular weight excluding hydrogens is 333 g/mol. The van der Waals surface area contributed by atoms with Gasteiger partial charge in [0.05, 0.1) is 5.56 Å². The van der Waals surface area contributed by atoms with Crippen LogP contribution in [0.25, 0.3) is 0 Å². The number of alkyl halides is 3. The number of amides is 1. The average Bonchev–Trinajstić information content (AvgIpc) is 2.50. The first-order valence-corrected chi connectivity index (χ1v) is 7.06. The molecule has 0 bridgehead atoms. The second-order valence-corrected chi connectivity index (χ2v) is 5.16. The minimum atomic E-state index is -4.39. The van der Waals surface area contributed by atoms with E-state index in [-0.39, 0.29) is 30.7 Å². The lowest BCUT2D eigenvalue weighted by molar-refractivity contribution is -0.137. The lowest BCUT2D eigenvalue weighted by atomic mass is 9.94. The molecule has 0 aliphatic rings. The maximum absolute atomic E-state index is 12.4. The molecule has 8 heteroatoms. The number of carbonyl (C=O) groups excluding carboxylic acids is 1. The highest BCUT2D eigenvalue weighted by atomic mass is 35.5. The Morgan fingerprint density at radius 3 is 2.13 bits per heavy atom. The van der Waals surface area contributed by atoms with E-state index in [2.05, 4.69) is 5.32 Å². The molecule has 3 N–H and O–H groups in total. The zero-order valence-electron chi connectivity index (χ0n) is 13.1. The fraction of sp³-hybridized carbons (Fsp3) is 0.533. The number of hydrogen-bond donors (Lipinski definition) is 2. The van der Waals surface area contributed by atoms with Crippen LogP contribution in [0.5, 0.6) is 5.75 Å². The van der Waals surface area contributed by atoms with Gasteiger partial charge >= 0.3 is 6.18 Å². The van der Waals surface area contributed by atoms with Crippen molar-refractivity contribution in [3.05, 3.63) is 29.8 Å². The standard InChI is InChI=1S/C15H21F3N2O2.ClH/c1-3-14(19,4-2)10-20-13(21)9-22-12-7-5-11(6-8-12)15(16,17)18;/h5-8H,3-4,9-10,19H2,1-2H3,(H,20,21);1H. The minimum absolute atomic E-state index is 0. The van der Waals surface area contributed by atoms with Crippen LogP contribution in [0.2, 0.25) is 0 Å². The zero-order chi connectivity index (χ0) is 16.8. The number of carbonyl (C=O) groups is 1. The van der Waals surface area contributed by atoms with Gasteiger partial charge in [-0.3, -0.25) is 4.79 Å². The smallest absolute Gasteiger partial charge is 0.416 e. The number of rotatable bonds is 7. The number of nitrogens with two attached hydrogens (primary N) is 1. The molecule has 0 saturated carbocycles. The highest BCUT2D eigenvalue weighted by Crippen LogP contribution is 2.30. The van der Waals surface area contributed by atoms with Crippen LogP contribution in [0.3, 0.4) is 0 Å². The molecule has 4 nitrogen and oxygen atoms in total. The molecule has 0 spiro atoms. The molecule has 0 aliphatic carbocycles.